The predicted molar refractivity (Wildman–Crippen MR) is 133 cm³/mol. The molecule has 0 fully saturated rings. The topological polar surface area (TPSA) is 102 Å². The monoisotopic (exact) mass is 476 g/mol. The van der Waals surface area contributed by atoms with Crippen molar-refractivity contribution in [2.75, 3.05) is 17.2 Å². The van der Waals surface area contributed by atoms with Crippen LogP contribution in [-0.2, 0) is 14.3 Å². The van der Waals surface area contributed by atoms with Crippen LogP contribution in [0.25, 0.3) is 11.1 Å². The highest BCUT2D eigenvalue weighted by Crippen LogP contribution is 2.36. The Kier molecular flexibility index (Phi) is 8.10. The van der Waals surface area contributed by atoms with E-state index in [1.807, 2.05) is 30.3 Å². The molecule has 0 saturated heterocycles. The fourth-order valence-electron chi connectivity index (χ4n) is 3.08. The summed E-state index contributed by atoms with van der Waals surface area (Å²) in [7, 11) is 0. The van der Waals surface area contributed by atoms with Gasteiger partial charge >= 0.3 is 5.97 Å². The van der Waals surface area contributed by atoms with Gasteiger partial charge in [0, 0.05) is 28.3 Å². The van der Waals surface area contributed by atoms with Crippen molar-refractivity contribution in [3.8, 4) is 11.1 Å². The number of nitrogens with one attached hydrogen (secondary N) is 2. The van der Waals surface area contributed by atoms with E-state index in [0.717, 1.165) is 11.1 Å². The Hall–Kier alpha value is -4.04. The van der Waals surface area contributed by atoms with Gasteiger partial charge in [0.15, 0.2) is 12.4 Å². The van der Waals surface area contributed by atoms with Gasteiger partial charge < -0.3 is 15.4 Å². The van der Waals surface area contributed by atoms with E-state index < -0.39 is 18.5 Å². The number of carbonyl (C=O) groups is 4. The Morgan fingerprint density at radius 3 is 2.21 bits per heavy atom. The Labute approximate surface area is 201 Å². The second kappa shape index (κ2) is 11.2. The standard InChI is InChI=1S/C26H24N2O5S/c1-16(2)13-22(30)28-25-24(21(15-34-25)19-7-5-4-6-8-19)26(32)33-14-23(31)27-20-11-9-18(10-12-20)17(3)29/h4-13,15H,14H2,1-3H3,(H,27,31)(H,28,30). The minimum Gasteiger partial charge on any atom is -0.452 e. The number of ketones is 1. The molecule has 3 aromatic rings. The Morgan fingerprint density at radius 2 is 1.59 bits per heavy atom. The zero-order valence-electron chi connectivity index (χ0n) is 19.0. The molecule has 0 unspecified atom stereocenters. The number of rotatable bonds is 8. The van der Waals surface area contributed by atoms with Crippen LogP contribution in [0, 0.1) is 0 Å². The van der Waals surface area contributed by atoms with Crippen LogP contribution in [0.3, 0.4) is 0 Å². The molecule has 174 valence electrons. The molecule has 0 bridgehead atoms. The van der Waals surface area contributed by atoms with Crippen molar-refractivity contribution in [1.29, 1.82) is 0 Å². The van der Waals surface area contributed by atoms with E-state index in [9.17, 15) is 19.2 Å². The first-order valence-corrected chi connectivity index (χ1v) is 11.3. The van der Waals surface area contributed by atoms with Gasteiger partial charge in [0.25, 0.3) is 5.91 Å². The fraction of sp³-hybridized carbons (Fsp3) is 0.154. The average molecular weight is 477 g/mol. The minimum atomic E-state index is -0.727. The van der Waals surface area contributed by atoms with Crippen LogP contribution in [0.2, 0.25) is 0 Å². The van der Waals surface area contributed by atoms with Gasteiger partial charge in [-0.2, -0.15) is 0 Å². The first-order valence-electron chi connectivity index (χ1n) is 10.5. The third-order valence-electron chi connectivity index (χ3n) is 4.65. The minimum absolute atomic E-state index is 0.0794. The Morgan fingerprint density at radius 1 is 0.912 bits per heavy atom. The molecule has 1 heterocycles. The molecule has 0 saturated carbocycles. The zero-order valence-corrected chi connectivity index (χ0v) is 19.8. The summed E-state index contributed by atoms with van der Waals surface area (Å²) >= 11 is 1.21. The van der Waals surface area contributed by atoms with Crippen LogP contribution >= 0.6 is 11.3 Å². The number of anilines is 2. The third-order valence-corrected chi connectivity index (χ3v) is 5.54. The first-order chi connectivity index (χ1) is 16.2. The van der Waals surface area contributed by atoms with Gasteiger partial charge in [0.05, 0.1) is 0 Å². The molecule has 0 aliphatic rings. The van der Waals surface area contributed by atoms with Gasteiger partial charge in [-0.15, -0.1) is 11.3 Å². The average Bonchev–Trinajstić information content (AvgIpc) is 3.21. The fourth-order valence-corrected chi connectivity index (χ4v) is 4.04. The van der Waals surface area contributed by atoms with Crippen molar-refractivity contribution in [2.24, 2.45) is 0 Å². The number of esters is 1. The molecule has 0 atom stereocenters. The predicted octanol–water partition coefficient (Wildman–Crippen LogP) is 5.32. The summed E-state index contributed by atoms with van der Waals surface area (Å²) in [5.74, 6) is -1.70. The second-order valence-corrected chi connectivity index (χ2v) is 8.57. The van der Waals surface area contributed by atoms with Gasteiger partial charge in [-0.05, 0) is 50.6 Å². The summed E-state index contributed by atoms with van der Waals surface area (Å²) in [6, 6.07) is 15.6. The van der Waals surface area contributed by atoms with E-state index >= 15 is 0 Å². The lowest BCUT2D eigenvalue weighted by atomic mass is 10.0. The molecule has 2 amide bonds. The van der Waals surface area contributed by atoms with Crippen molar-refractivity contribution >= 4 is 45.6 Å². The number of ether oxygens (including phenoxy) is 1. The highest BCUT2D eigenvalue weighted by Gasteiger charge is 2.23. The number of amides is 2. The van der Waals surface area contributed by atoms with E-state index in [4.69, 9.17) is 4.74 Å². The highest BCUT2D eigenvalue weighted by atomic mass is 32.1. The molecule has 0 spiro atoms. The van der Waals surface area contributed by atoms with Crippen molar-refractivity contribution in [3.05, 3.63) is 82.8 Å². The smallest absolute Gasteiger partial charge is 0.342 e. The lowest BCUT2D eigenvalue weighted by molar-refractivity contribution is -0.119. The van der Waals surface area contributed by atoms with Crippen molar-refractivity contribution in [3.63, 3.8) is 0 Å². The molecule has 2 aromatic carbocycles. The van der Waals surface area contributed by atoms with Gasteiger partial charge in [-0.1, -0.05) is 35.9 Å². The van der Waals surface area contributed by atoms with Gasteiger partial charge in [-0.25, -0.2) is 4.79 Å². The maximum atomic E-state index is 13.0. The summed E-state index contributed by atoms with van der Waals surface area (Å²) in [5, 5.41) is 7.45. The van der Waals surface area contributed by atoms with Crippen molar-refractivity contribution in [2.45, 2.75) is 20.8 Å². The van der Waals surface area contributed by atoms with E-state index in [-0.39, 0.29) is 17.3 Å². The molecule has 0 radical (unpaired) electrons. The summed E-state index contributed by atoms with van der Waals surface area (Å²) in [5.41, 5.74) is 3.38. The first kappa shape index (κ1) is 24.6. The normalized spacial score (nSPS) is 10.2. The molecular formula is C26H24N2O5S. The number of carbonyl (C=O) groups excluding carboxylic acids is 4. The van der Waals surface area contributed by atoms with Gasteiger partial charge in [-0.3, -0.25) is 14.4 Å². The molecule has 7 nitrogen and oxygen atoms in total. The maximum absolute atomic E-state index is 13.0. The summed E-state index contributed by atoms with van der Waals surface area (Å²) in [4.78, 5) is 48.9. The SMILES string of the molecule is CC(=O)c1ccc(NC(=O)COC(=O)c2c(-c3ccccc3)csc2NC(=O)C=C(C)C)cc1. The van der Waals surface area contributed by atoms with Gasteiger partial charge in [0.2, 0.25) is 5.91 Å². The quantitative estimate of drug-likeness (QED) is 0.260. The van der Waals surface area contributed by atoms with Crippen LogP contribution in [-0.4, -0.2) is 30.2 Å². The van der Waals surface area contributed by atoms with E-state index in [2.05, 4.69) is 10.6 Å². The second-order valence-electron chi connectivity index (χ2n) is 7.69. The van der Waals surface area contributed by atoms with E-state index in [1.54, 1.807) is 43.5 Å². The van der Waals surface area contributed by atoms with E-state index in [1.165, 1.54) is 24.3 Å². The maximum Gasteiger partial charge on any atom is 0.342 e. The molecule has 8 heteroatoms. The number of hydrogen-bond acceptors (Lipinski definition) is 6. The number of Topliss-reactive ketones (excluding diaryl/α,β-unsaturated/α-hetero) is 1. The summed E-state index contributed by atoms with van der Waals surface area (Å²) in [6.45, 7) is 4.53. The number of thiophene rings is 1. The number of allylic oxidation sites excluding steroid dienone is 1. The molecule has 3 rings (SSSR count). The summed E-state index contributed by atoms with van der Waals surface area (Å²) in [6.07, 6.45) is 1.43. The van der Waals surface area contributed by atoms with Crippen LogP contribution < -0.4 is 10.6 Å². The van der Waals surface area contributed by atoms with Crippen LogP contribution in [0.4, 0.5) is 10.7 Å². The molecule has 2 N–H and O–H groups in total. The lowest BCUT2D eigenvalue weighted by Gasteiger charge is -2.10. The van der Waals surface area contributed by atoms with Crippen LogP contribution in [0.15, 0.2) is 71.6 Å². The van der Waals surface area contributed by atoms with E-state index in [0.29, 0.717) is 21.8 Å². The molecule has 1 aromatic heterocycles. The molecule has 0 aliphatic carbocycles. The van der Waals surface area contributed by atoms with Crippen LogP contribution in [0.1, 0.15) is 41.5 Å². The third kappa shape index (κ3) is 6.49. The number of benzene rings is 2. The van der Waals surface area contributed by atoms with Gasteiger partial charge in [0.1, 0.15) is 10.6 Å². The lowest BCUT2D eigenvalue weighted by Crippen LogP contribution is -2.21. The number of hydrogen-bond donors (Lipinski definition) is 2. The Bertz CT molecular complexity index is 1240. The zero-order chi connectivity index (χ0) is 24.7. The highest BCUT2D eigenvalue weighted by molar-refractivity contribution is 7.15. The van der Waals surface area contributed by atoms with Crippen molar-refractivity contribution < 1.29 is 23.9 Å². The molecule has 0 aliphatic heterocycles. The largest absolute Gasteiger partial charge is 0.452 e. The molecular weight excluding hydrogens is 452 g/mol. The molecule has 34 heavy (non-hydrogen) atoms. The Balaban J connectivity index is 1.75. The van der Waals surface area contributed by atoms with Crippen LogP contribution in [0.5, 0.6) is 0 Å². The van der Waals surface area contributed by atoms with Crippen molar-refractivity contribution in [1.82, 2.24) is 0 Å². The summed E-state index contributed by atoms with van der Waals surface area (Å²) < 4.78 is 5.28.